The standard InChI is InChI=1S/C11H18N4S/c1-8-3-5-15(6-4-8)10-7-9(12)13-11(14-10)16-2/h7-8H,3-6H2,1-2H3,(H2,12,13,14). The first-order chi connectivity index (χ1) is 7.69. The Morgan fingerprint density at radius 2 is 2.06 bits per heavy atom. The van der Waals surface area contributed by atoms with Gasteiger partial charge in [0.25, 0.3) is 0 Å². The van der Waals surface area contributed by atoms with Crippen molar-refractivity contribution in [1.82, 2.24) is 9.97 Å². The SMILES string of the molecule is CSc1nc(N)cc(N2CCC(C)CC2)n1. The summed E-state index contributed by atoms with van der Waals surface area (Å²) in [7, 11) is 0. The van der Waals surface area contributed by atoms with Crippen LogP contribution < -0.4 is 10.6 Å². The number of rotatable bonds is 2. The Labute approximate surface area is 101 Å². The number of hydrogen-bond acceptors (Lipinski definition) is 5. The molecule has 0 saturated carbocycles. The van der Waals surface area contributed by atoms with Gasteiger partial charge in [-0.1, -0.05) is 18.7 Å². The third-order valence-corrected chi connectivity index (χ3v) is 3.55. The number of nitrogens with zero attached hydrogens (tertiary/aromatic N) is 3. The van der Waals surface area contributed by atoms with E-state index in [1.165, 1.54) is 24.6 Å². The maximum atomic E-state index is 5.78. The van der Waals surface area contributed by atoms with Crippen LogP contribution in [0.25, 0.3) is 0 Å². The number of thioether (sulfide) groups is 1. The third kappa shape index (κ3) is 2.58. The van der Waals surface area contributed by atoms with Gasteiger partial charge in [0.2, 0.25) is 0 Å². The van der Waals surface area contributed by atoms with Gasteiger partial charge in [0, 0.05) is 19.2 Å². The molecule has 0 amide bonds. The minimum Gasteiger partial charge on any atom is -0.383 e. The lowest BCUT2D eigenvalue weighted by molar-refractivity contribution is 0.436. The summed E-state index contributed by atoms with van der Waals surface area (Å²) < 4.78 is 0. The zero-order valence-corrected chi connectivity index (χ0v) is 10.6. The van der Waals surface area contributed by atoms with Gasteiger partial charge in [0.05, 0.1) is 0 Å². The average Bonchev–Trinajstić information content (AvgIpc) is 2.29. The van der Waals surface area contributed by atoms with Crippen molar-refractivity contribution in [3.63, 3.8) is 0 Å². The molecular weight excluding hydrogens is 220 g/mol. The van der Waals surface area contributed by atoms with E-state index in [-0.39, 0.29) is 0 Å². The van der Waals surface area contributed by atoms with E-state index >= 15 is 0 Å². The highest BCUT2D eigenvalue weighted by molar-refractivity contribution is 7.98. The van der Waals surface area contributed by atoms with Gasteiger partial charge in [-0.25, -0.2) is 9.97 Å². The molecule has 0 bridgehead atoms. The first-order valence-corrected chi connectivity index (χ1v) is 6.85. The molecule has 1 aliphatic heterocycles. The van der Waals surface area contributed by atoms with Gasteiger partial charge in [0.15, 0.2) is 5.16 Å². The van der Waals surface area contributed by atoms with Gasteiger partial charge in [-0.15, -0.1) is 0 Å². The number of nitrogen functional groups attached to an aromatic ring is 1. The quantitative estimate of drug-likeness (QED) is 0.631. The summed E-state index contributed by atoms with van der Waals surface area (Å²) in [6.07, 6.45) is 4.44. The number of nitrogens with two attached hydrogens (primary N) is 1. The Balaban J connectivity index is 2.16. The van der Waals surface area contributed by atoms with E-state index < -0.39 is 0 Å². The summed E-state index contributed by atoms with van der Waals surface area (Å²) in [6.45, 7) is 4.45. The minimum atomic E-state index is 0.563. The Bertz CT molecular complexity index is 361. The van der Waals surface area contributed by atoms with Crippen LogP contribution in [0.3, 0.4) is 0 Å². The molecule has 1 fully saturated rings. The number of piperidine rings is 1. The molecule has 2 N–H and O–H groups in total. The van der Waals surface area contributed by atoms with Crippen LogP contribution >= 0.6 is 11.8 Å². The van der Waals surface area contributed by atoms with Crippen molar-refractivity contribution in [3.05, 3.63) is 6.07 Å². The normalized spacial score (nSPS) is 17.8. The van der Waals surface area contributed by atoms with Gasteiger partial charge in [0.1, 0.15) is 11.6 Å². The van der Waals surface area contributed by atoms with E-state index in [1.54, 1.807) is 0 Å². The molecule has 0 atom stereocenters. The summed E-state index contributed by atoms with van der Waals surface area (Å²) in [5.74, 6) is 2.37. The van der Waals surface area contributed by atoms with E-state index in [1.807, 2.05) is 12.3 Å². The van der Waals surface area contributed by atoms with E-state index in [9.17, 15) is 0 Å². The van der Waals surface area contributed by atoms with Crippen molar-refractivity contribution < 1.29 is 0 Å². The van der Waals surface area contributed by atoms with E-state index in [0.29, 0.717) is 5.82 Å². The summed E-state index contributed by atoms with van der Waals surface area (Å²) in [4.78, 5) is 11.0. The first kappa shape index (κ1) is 11.5. The van der Waals surface area contributed by atoms with Crippen LogP contribution in [0.5, 0.6) is 0 Å². The molecule has 88 valence electrons. The van der Waals surface area contributed by atoms with Crippen LogP contribution in [-0.2, 0) is 0 Å². The van der Waals surface area contributed by atoms with Gasteiger partial charge >= 0.3 is 0 Å². The topological polar surface area (TPSA) is 55.0 Å². The smallest absolute Gasteiger partial charge is 0.191 e. The fourth-order valence-corrected chi connectivity index (χ4v) is 2.30. The predicted octanol–water partition coefficient (Wildman–Crippen LogP) is 2.02. The van der Waals surface area contributed by atoms with E-state index in [0.717, 1.165) is 30.0 Å². The molecule has 0 radical (unpaired) electrons. The van der Waals surface area contributed by atoms with Gasteiger partial charge in [-0.3, -0.25) is 0 Å². The fraction of sp³-hybridized carbons (Fsp3) is 0.636. The molecule has 5 heteroatoms. The summed E-state index contributed by atoms with van der Waals surface area (Å²) in [6, 6.07) is 1.87. The van der Waals surface area contributed by atoms with Crippen molar-refractivity contribution in [2.45, 2.75) is 24.9 Å². The molecule has 1 aromatic rings. The van der Waals surface area contributed by atoms with Gasteiger partial charge in [-0.2, -0.15) is 0 Å². The lowest BCUT2D eigenvalue weighted by Crippen LogP contribution is -2.33. The lowest BCUT2D eigenvalue weighted by atomic mass is 9.99. The largest absolute Gasteiger partial charge is 0.383 e. The molecule has 2 rings (SSSR count). The summed E-state index contributed by atoms with van der Waals surface area (Å²) in [5.41, 5.74) is 5.78. The maximum Gasteiger partial charge on any atom is 0.191 e. The number of anilines is 2. The Morgan fingerprint density at radius 3 is 2.69 bits per heavy atom. The Morgan fingerprint density at radius 1 is 1.38 bits per heavy atom. The fourth-order valence-electron chi connectivity index (χ4n) is 1.92. The van der Waals surface area contributed by atoms with Crippen molar-refractivity contribution in [2.75, 3.05) is 30.0 Å². The third-order valence-electron chi connectivity index (χ3n) is 3.00. The van der Waals surface area contributed by atoms with Crippen molar-refractivity contribution in [1.29, 1.82) is 0 Å². The Kier molecular flexibility index (Phi) is 3.53. The molecule has 1 aromatic heterocycles. The second-order valence-corrected chi connectivity index (χ2v) is 5.08. The molecule has 0 aliphatic carbocycles. The second-order valence-electron chi connectivity index (χ2n) is 4.31. The maximum absolute atomic E-state index is 5.78. The first-order valence-electron chi connectivity index (χ1n) is 5.62. The monoisotopic (exact) mass is 238 g/mol. The second kappa shape index (κ2) is 4.91. The molecule has 16 heavy (non-hydrogen) atoms. The van der Waals surface area contributed by atoms with Crippen LogP contribution in [0.4, 0.5) is 11.6 Å². The zero-order valence-electron chi connectivity index (χ0n) is 9.81. The van der Waals surface area contributed by atoms with Crippen LogP contribution in [0, 0.1) is 5.92 Å². The molecule has 0 unspecified atom stereocenters. The predicted molar refractivity (Wildman–Crippen MR) is 68.8 cm³/mol. The molecule has 2 heterocycles. The van der Waals surface area contributed by atoms with Gasteiger partial charge < -0.3 is 10.6 Å². The van der Waals surface area contributed by atoms with Crippen LogP contribution in [0.2, 0.25) is 0 Å². The van der Waals surface area contributed by atoms with Gasteiger partial charge in [-0.05, 0) is 25.0 Å². The molecule has 1 aliphatic rings. The van der Waals surface area contributed by atoms with Crippen LogP contribution in [0.1, 0.15) is 19.8 Å². The lowest BCUT2D eigenvalue weighted by Gasteiger charge is -2.31. The average molecular weight is 238 g/mol. The number of aromatic nitrogens is 2. The zero-order chi connectivity index (χ0) is 11.5. The highest BCUT2D eigenvalue weighted by atomic mass is 32.2. The molecular formula is C11H18N4S. The summed E-state index contributed by atoms with van der Waals surface area (Å²) >= 11 is 1.53. The molecule has 0 spiro atoms. The minimum absolute atomic E-state index is 0.563. The number of hydrogen-bond donors (Lipinski definition) is 1. The van der Waals surface area contributed by atoms with Crippen molar-refractivity contribution in [2.24, 2.45) is 5.92 Å². The van der Waals surface area contributed by atoms with Crippen LogP contribution in [-0.4, -0.2) is 29.3 Å². The molecule has 4 nitrogen and oxygen atoms in total. The highest BCUT2D eigenvalue weighted by Gasteiger charge is 2.17. The van der Waals surface area contributed by atoms with Crippen molar-refractivity contribution >= 4 is 23.4 Å². The van der Waals surface area contributed by atoms with Crippen molar-refractivity contribution in [3.8, 4) is 0 Å². The van der Waals surface area contributed by atoms with E-state index in [2.05, 4.69) is 21.8 Å². The Hall–Kier alpha value is -0.970. The van der Waals surface area contributed by atoms with Crippen LogP contribution in [0.15, 0.2) is 11.2 Å². The highest BCUT2D eigenvalue weighted by Crippen LogP contribution is 2.24. The molecule has 0 aromatic carbocycles. The van der Waals surface area contributed by atoms with E-state index in [4.69, 9.17) is 5.73 Å². The summed E-state index contributed by atoms with van der Waals surface area (Å²) in [5, 5.41) is 0.758. The molecule has 1 saturated heterocycles.